The lowest BCUT2D eigenvalue weighted by atomic mass is 10.2. The average molecular weight is 246 g/mol. The summed E-state index contributed by atoms with van der Waals surface area (Å²) >= 11 is 0. The van der Waals surface area contributed by atoms with E-state index in [1.54, 1.807) is 0 Å². The maximum absolute atomic E-state index is 13.2. The smallest absolute Gasteiger partial charge is 0.185 e. The monoisotopic (exact) mass is 246 g/mol. The molecule has 0 spiro atoms. The van der Waals surface area contributed by atoms with Gasteiger partial charge in [0.15, 0.2) is 29.7 Å². The van der Waals surface area contributed by atoms with Crippen LogP contribution in [0.15, 0.2) is 23.1 Å². The fraction of sp³-hybridized carbons (Fsp3) is 0.100. The second-order valence-electron chi connectivity index (χ2n) is 3.16. The van der Waals surface area contributed by atoms with Crippen molar-refractivity contribution in [2.45, 2.75) is 6.54 Å². The lowest BCUT2D eigenvalue weighted by Crippen LogP contribution is -2.06. The summed E-state index contributed by atoms with van der Waals surface area (Å²) < 4.78 is 56.8. The largest absolute Gasteiger partial charge is 0.447 e. The third-order valence-electron chi connectivity index (χ3n) is 2.03. The van der Waals surface area contributed by atoms with E-state index < -0.39 is 29.0 Å². The molecule has 0 atom stereocenters. The quantitative estimate of drug-likeness (QED) is 0.668. The molecule has 0 fully saturated rings. The van der Waals surface area contributed by atoms with E-state index in [9.17, 15) is 17.6 Å². The van der Waals surface area contributed by atoms with Crippen LogP contribution in [-0.2, 0) is 6.54 Å². The van der Waals surface area contributed by atoms with Gasteiger partial charge in [0.05, 0.1) is 12.7 Å². The van der Waals surface area contributed by atoms with Crippen molar-refractivity contribution in [3.8, 4) is 0 Å². The molecule has 1 N–H and O–H groups in total. The highest BCUT2D eigenvalue weighted by Crippen LogP contribution is 2.24. The van der Waals surface area contributed by atoms with Crippen molar-refractivity contribution in [3.05, 3.63) is 47.7 Å². The zero-order valence-corrected chi connectivity index (χ0v) is 8.31. The summed E-state index contributed by atoms with van der Waals surface area (Å²) in [5.74, 6) is -5.63. The van der Waals surface area contributed by atoms with E-state index >= 15 is 0 Å². The number of rotatable bonds is 3. The van der Waals surface area contributed by atoms with E-state index in [0.717, 1.165) is 6.39 Å². The van der Waals surface area contributed by atoms with Crippen LogP contribution in [0.3, 0.4) is 0 Å². The molecule has 0 amide bonds. The Morgan fingerprint density at radius 1 is 1.12 bits per heavy atom. The number of hydrogen-bond acceptors (Lipinski definition) is 3. The highest BCUT2D eigenvalue weighted by molar-refractivity contribution is 5.47. The van der Waals surface area contributed by atoms with Crippen LogP contribution in [-0.4, -0.2) is 4.98 Å². The minimum atomic E-state index is -1.48. The number of hydrogen-bond donors (Lipinski definition) is 1. The molecule has 0 aliphatic heterocycles. The molecule has 2 rings (SSSR count). The van der Waals surface area contributed by atoms with Crippen molar-refractivity contribution >= 4 is 5.69 Å². The predicted molar refractivity (Wildman–Crippen MR) is 50.1 cm³/mol. The molecule has 0 bridgehead atoms. The first-order chi connectivity index (χ1) is 8.09. The van der Waals surface area contributed by atoms with Crippen molar-refractivity contribution in [2.24, 2.45) is 0 Å². The maximum Gasteiger partial charge on any atom is 0.185 e. The van der Waals surface area contributed by atoms with Gasteiger partial charge in [0.2, 0.25) is 0 Å². The first-order valence-corrected chi connectivity index (χ1v) is 4.54. The highest BCUT2D eigenvalue weighted by Gasteiger charge is 2.18. The van der Waals surface area contributed by atoms with Crippen LogP contribution >= 0.6 is 0 Å². The van der Waals surface area contributed by atoms with Gasteiger partial charge in [0, 0.05) is 6.07 Å². The number of nitrogens with zero attached hydrogens (tertiary/aromatic N) is 1. The minimum Gasteiger partial charge on any atom is -0.447 e. The van der Waals surface area contributed by atoms with Crippen molar-refractivity contribution < 1.29 is 22.0 Å². The molecule has 0 unspecified atom stereocenters. The van der Waals surface area contributed by atoms with E-state index in [0.29, 0.717) is 0 Å². The number of nitrogens with one attached hydrogen (secondary N) is 1. The predicted octanol–water partition coefficient (Wildman–Crippen LogP) is 2.84. The summed E-state index contributed by atoms with van der Waals surface area (Å²) in [4.78, 5) is 3.57. The van der Waals surface area contributed by atoms with Crippen molar-refractivity contribution in [1.82, 2.24) is 4.98 Å². The number of benzene rings is 1. The number of aromatic nitrogens is 1. The van der Waals surface area contributed by atoms with Gasteiger partial charge in [-0.25, -0.2) is 22.5 Å². The third kappa shape index (κ3) is 2.22. The van der Waals surface area contributed by atoms with Crippen LogP contribution in [0.2, 0.25) is 0 Å². The Kier molecular flexibility index (Phi) is 2.99. The Morgan fingerprint density at radius 3 is 2.29 bits per heavy atom. The van der Waals surface area contributed by atoms with E-state index in [1.165, 1.54) is 6.20 Å². The molecule has 0 saturated heterocycles. The zero-order valence-electron chi connectivity index (χ0n) is 8.31. The van der Waals surface area contributed by atoms with E-state index in [4.69, 9.17) is 4.42 Å². The van der Waals surface area contributed by atoms with Crippen LogP contribution in [0.5, 0.6) is 0 Å². The van der Waals surface area contributed by atoms with Gasteiger partial charge < -0.3 is 9.73 Å². The van der Waals surface area contributed by atoms with Crippen LogP contribution in [0, 0.1) is 23.3 Å². The minimum absolute atomic E-state index is 0.142. The second kappa shape index (κ2) is 4.44. The Morgan fingerprint density at radius 2 is 1.76 bits per heavy atom. The summed E-state index contributed by atoms with van der Waals surface area (Å²) in [6.45, 7) is -0.142. The van der Waals surface area contributed by atoms with Gasteiger partial charge >= 0.3 is 0 Å². The lowest BCUT2D eigenvalue weighted by molar-refractivity contribution is 0.456. The topological polar surface area (TPSA) is 38.1 Å². The van der Waals surface area contributed by atoms with Gasteiger partial charge in [-0.2, -0.15) is 0 Å². The van der Waals surface area contributed by atoms with Gasteiger partial charge in [-0.15, -0.1) is 0 Å². The molecule has 0 aliphatic rings. The van der Waals surface area contributed by atoms with E-state index in [-0.39, 0.29) is 18.4 Å². The molecule has 1 aromatic heterocycles. The second-order valence-corrected chi connectivity index (χ2v) is 3.16. The van der Waals surface area contributed by atoms with Gasteiger partial charge in [0.25, 0.3) is 0 Å². The number of anilines is 1. The molecule has 1 aromatic carbocycles. The van der Waals surface area contributed by atoms with Gasteiger partial charge in [-0.1, -0.05) is 0 Å². The molecule has 3 nitrogen and oxygen atoms in total. The van der Waals surface area contributed by atoms with Crippen molar-refractivity contribution in [2.75, 3.05) is 5.32 Å². The summed E-state index contributed by atoms with van der Waals surface area (Å²) in [6.07, 6.45) is 2.42. The van der Waals surface area contributed by atoms with Crippen LogP contribution in [0.1, 0.15) is 5.76 Å². The number of halogens is 4. The standard InChI is InChI=1S/C10H6F4N2O/c11-6-1-7(12)9(14)10(8(6)13)16-3-5-2-15-4-17-5/h1-2,4,16H,3H2. The molecule has 0 aliphatic carbocycles. The Bertz CT molecular complexity index is 501. The van der Waals surface area contributed by atoms with Crippen LogP contribution in [0.25, 0.3) is 0 Å². The Labute approximate surface area is 93.1 Å². The molecular weight excluding hydrogens is 240 g/mol. The Balaban J connectivity index is 2.26. The van der Waals surface area contributed by atoms with E-state index in [1.807, 2.05) is 0 Å². The van der Waals surface area contributed by atoms with Crippen molar-refractivity contribution in [1.29, 1.82) is 0 Å². The molecule has 0 radical (unpaired) electrons. The highest BCUT2D eigenvalue weighted by atomic mass is 19.2. The molecule has 17 heavy (non-hydrogen) atoms. The molecule has 0 saturated carbocycles. The van der Waals surface area contributed by atoms with Gasteiger partial charge in [-0.3, -0.25) is 0 Å². The molecule has 7 heteroatoms. The summed E-state index contributed by atoms with van der Waals surface area (Å²) in [5, 5.41) is 2.20. The average Bonchev–Trinajstić information content (AvgIpc) is 2.79. The first-order valence-electron chi connectivity index (χ1n) is 4.54. The zero-order chi connectivity index (χ0) is 12.4. The molecule has 2 aromatic rings. The lowest BCUT2D eigenvalue weighted by Gasteiger charge is -2.08. The van der Waals surface area contributed by atoms with Crippen molar-refractivity contribution in [3.63, 3.8) is 0 Å². The molecular formula is C10H6F4N2O. The van der Waals surface area contributed by atoms with Gasteiger partial charge in [-0.05, 0) is 0 Å². The fourth-order valence-electron chi connectivity index (χ4n) is 1.23. The Hall–Kier alpha value is -2.05. The SMILES string of the molecule is Fc1cc(F)c(F)c(NCc2cnco2)c1F. The summed E-state index contributed by atoms with van der Waals surface area (Å²) in [7, 11) is 0. The van der Waals surface area contributed by atoms with Crippen LogP contribution < -0.4 is 5.32 Å². The fourth-order valence-corrected chi connectivity index (χ4v) is 1.23. The van der Waals surface area contributed by atoms with Gasteiger partial charge in [0.1, 0.15) is 11.4 Å². The molecule has 1 heterocycles. The molecule has 90 valence electrons. The van der Waals surface area contributed by atoms with E-state index in [2.05, 4.69) is 10.3 Å². The normalized spacial score (nSPS) is 10.6. The maximum atomic E-state index is 13.2. The van der Waals surface area contributed by atoms with Crippen LogP contribution in [0.4, 0.5) is 23.2 Å². The summed E-state index contributed by atoms with van der Waals surface area (Å²) in [6, 6.07) is 0.143. The first kappa shape index (κ1) is 11.4. The summed E-state index contributed by atoms with van der Waals surface area (Å²) in [5.41, 5.74) is -0.876. The number of oxazole rings is 1. The third-order valence-corrected chi connectivity index (χ3v) is 2.03.